The maximum atomic E-state index is 12.5. The molecule has 0 aromatic carbocycles. The molecule has 116 valence electrons. The fourth-order valence-corrected chi connectivity index (χ4v) is 3.90. The number of hydrogen-bond acceptors (Lipinski definition) is 8. The Morgan fingerprint density at radius 3 is 2.86 bits per heavy atom. The van der Waals surface area contributed by atoms with Crippen LogP contribution in [0.15, 0.2) is 10.5 Å². The van der Waals surface area contributed by atoms with Crippen molar-refractivity contribution >= 4 is 39.8 Å². The van der Waals surface area contributed by atoms with Gasteiger partial charge < -0.3 is 21.0 Å². The molecule has 1 aromatic rings. The third-order valence-electron chi connectivity index (χ3n) is 3.29. The van der Waals surface area contributed by atoms with Gasteiger partial charge in [-0.25, -0.2) is 4.98 Å². The highest BCUT2D eigenvalue weighted by molar-refractivity contribution is 7.99. The molecule has 21 heavy (non-hydrogen) atoms. The van der Waals surface area contributed by atoms with Crippen LogP contribution in [0, 0.1) is 0 Å². The first kappa shape index (κ1) is 16.1. The molecule has 0 aliphatic carbocycles. The third-order valence-corrected chi connectivity index (χ3v) is 4.95. The van der Waals surface area contributed by atoms with Gasteiger partial charge in [0.05, 0.1) is 12.1 Å². The van der Waals surface area contributed by atoms with Crippen LogP contribution in [-0.2, 0) is 9.63 Å². The number of aliphatic hydroxyl groups excluding tert-OH is 1. The predicted octanol–water partition coefficient (Wildman–Crippen LogP) is 0.450. The molecule has 7 nitrogen and oxygen atoms in total. The summed E-state index contributed by atoms with van der Waals surface area (Å²) in [5.74, 6) is 1.39. The Hall–Kier alpha value is -1.32. The highest BCUT2D eigenvalue weighted by atomic mass is 32.2. The molecule has 0 unspecified atom stereocenters. The predicted molar refractivity (Wildman–Crippen MR) is 84.6 cm³/mol. The van der Waals surface area contributed by atoms with Crippen molar-refractivity contribution < 1.29 is 14.7 Å². The molecule has 9 heteroatoms. The number of nitrogens with one attached hydrogen (secondary N) is 1. The standard InChI is InChI=1S/C12H18N4O3S2/c1-19-16-9(8-6-21-11(13)14-8)10(18)15-12(7-17)2-4-20-5-3-12/h6,17H,2-5,7H2,1H3,(H2,13,14)(H,15,18)/b16-9+. The number of carbonyl (C=O) groups excluding carboxylic acids is 1. The Kier molecular flexibility index (Phi) is 5.43. The highest BCUT2D eigenvalue weighted by Crippen LogP contribution is 2.27. The molecule has 4 N–H and O–H groups in total. The lowest BCUT2D eigenvalue weighted by atomic mass is 9.93. The summed E-state index contributed by atoms with van der Waals surface area (Å²) in [6.07, 6.45) is 1.44. The number of rotatable bonds is 5. The molecular formula is C12H18N4O3S2. The zero-order valence-corrected chi connectivity index (χ0v) is 13.3. The summed E-state index contributed by atoms with van der Waals surface area (Å²) in [7, 11) is 1.36. The van der Waals surface area contributed by atoms with Crippen molar-refractivity contribution in [1.82, 2.24) is 10.3 Å². The smallest absolute Gasteiger partial charge is 0.276 e. The highest BCUT2D eigenvalue weighted by Gasteiger charge is 2.35. The molecule has 0 saturated carbocycles. The minimum Gasteiger partial charge on any atom is -0.398 e. The number of carbonyl (C=O) groups is 1. The molecule has 0 atom stereocenters. The van der Waals surface area contributed by atoms with Gasteiger partial charge in [-0.1, -0.05) is 5.16 Å². The number of aromatic nitrogens is 1. The number of hydrogen-bond donors (Lipinski definition) is 3. The van der Waals surface area contributed by atoms with Crippen molar-refractivity contribution in [2.24, 2.45) is 5.16 Å². The molecule has 2 heterocycles. The van der Waals surface area contributed by atoms with Gasteiger partial charge in [-0.05, 0) is 24.3 Å². The Bertz CT molecular complexity index is 526. The van der Waals surface area contributed by atoms with Gasteiger partial charge in [0.1, 0.15) is 12.8 Å². The average Bonchev–Trinajstić information content (AvgIpc) is 2.91. The molecule has 1 aliphatic rings. The van der Waals surface area contributed by atoms with Crippen molar-refractivity contribution in [3.8, 4) is 0 Å². The van der Waals surface area contributed by atoms with Crippen LogP contribution in [0.3, 0.4) is 0 Å². The molecule has 1 fully saturated rings. The van der Waals surface area contributed by atoms with Crippen molar-refractivity contribution in [1.29, 1.82) is 0 Å². The van der Waals surface area contributed by atoms with E-state index in [0.717, 1.165) is 24.3 Å². The van der Waals surface area contributed by atoms with Gasteiger partial charge in [-0.3, -0.25) is 4.79 Å². The van der Waals surface area contributed by atoms with Crippen LogP contribution in [0.1, 0.15) is 18.5 Å². The summed E-state index contributed by atoms with van der Waals surface area (Å²) in [6, 6.07) is 0. The number of thioether (sulfide) groups is 1. The Morgan fingerprint density at radius 1 is 1.62 bits per heavy atom. The number of anilines is 1. The molecule has 0 spiro atoms. The zero-order chi connectivity index (χ0) is 15.3. The lowest BCUT2D eigenvalue weighted by molar-refractivity contribution is -0.117. The average molecular weight is 330 g/mol. The first-order valence-corrected chi connectivity index (χ1v) is 8.47. The van der Waals surface area contributed by atoms with Crippen LogP contribution in [-0.4, -0.2) is 52.5 Å². The van der Waals surface area contributed by atoms with Crippen LogP contribution < -0.4 is 11.1 Å². The normalized spacial score (nSPS) is 18.3. The second-order valence-electron chi connectivity index (χ2n) is 4.70. The molecule has 0 radical (unpaired) electrons. The van der Waals surface area contributed by atoms with Gasteiger partial charge in [-0.15, -0.1) is 11.3 Å². The topological polar surface area (TPSA) is 110 Å². The Labute approximate surface area is 131 Å². The Morgan fingerprint density at radius 2 is 2.33 bits per heavy atom. The van der Waals surface area contributed by atoms with Crippen molar-refractivity contribution in [2.45, 2.75) is 18.4 Å². The van der Waals surface area contributed by atoms with Crippen LogP contribution in [0.5, 0.6) is 0 Å². The van der Waals surface area contributed by atoms with E-state index >= 15 is 0 Å². The van der Waals surface area contributed by atoms with Gasteiger partial charge in [-0.2, -0.15) is 11.8 Å². The van der Waals surface area contributed by atoms with E-state index in [4.69, 9.17) is 10.6 Å². The van der Waals surface area contributed by atoms with Crippen molar-refractivity contribution in [3.63, 3.8) is 0 Å². The van der Waals surface area contributed by atoms with E-state index < -0.39 is 11.4 Å². The molecule has 1 aromatic heterocycles. The maximum Gasteiger partial charge on any atom is 0.276 e. The number of thiazole rings is 1. The maximum absolute atomic E-state index is 12.5. The Balaban J connectivity index is 2.17. The molecule has 2 rings (SSSR count). The largest absolute Gasteiger partial charge is 0.398 e. The first-order chi connectivity index (χ1) is 10.1. The van der Waals surface area contributed by atoms with Crippen molar-refractivity contribution in [2.75, 3.05) is 31.0 Å². The molecule has 1 aliphatic heterocycles. The lowest BCUT2D eigenvalue weighted by Gasteiger charge is -2.36. The fourth-order valence-electron chi connectivity index (χ4n) is 2.08. The van der Waals surface area contributed by atoms with Gasteiger partial charge in [0.15, 0.2) is 10.8 Å². The number of nitrogens with zero attached hydrogens (tertiary/aromatic N) is 2. The third kappa shape index (κ3) is 3.86. The summed E-state index contributed by atoms with van der Waals surface area (Å²) in [4.78, 5) is 21.2. The fraction of sp³-hybridized carbons (Fsp3) is 0.583. The lowest BCUT2D eigenvalue weighted by Crippen LogP contribution is -2.55. The van der Waals surface area contributed by atoms with Crippen LogP contribution in [0.25, 0.3) is 0 Å². The van der Waals surface area contributed by atoms with Crippen LogP contribution in [0.2, 0.25) is 0 Å². The van der Waals surface area contributed by atoms with Gasteiger partial charge in [0, 0.05) is 5.38 Å². The number of aliphatic hydroxyl groups is 1. The number of nitrogens with two attached hydrogens (primary N) is 1. The van der Waals surface area contributed by atoms with Crippen LogP contribution >= 0.6 is 23.1 Å². The van der Waals surface area contributed by atoms with E-state index in [-0.39, 0.29) is 12.3 Å². The van der Waals surface area contributed by atoms with E-state index in [2.05, 4.69) is 15.5 Å². The van der Waals surface area contributed by atoms with E-state index in [1.807, 2.05) is 11.8 Å². The number of oxime groups is 1. The molecular weight excluding hydrogens is 312 g/mol. The van der Waals surface area contributed by atoms with Gasteiger partial charge in [0.2, 0.25) is 0 Å². The first-order valence-electron chi connectivity index (χ1n) is 6.44. The number of amides is 1. The molecule has 1 amide bonds. The van der Waals surface area contributed by atoms with E-state index in [1.165, 1.54) is 18.4 Å². The summed E-state index contributed by atoms with van der Waals surface area (Å²) < 4.78 is 0. The summed E-state index contributed by atoms with van der Waals surface area (Å²) in [5.41, 5.74) is 5.42. The summed E-state index contributed by atoms with van der Waals surface area (Å²) in [5, 5.41) is 18.3. The van der Waals surface area contributed by atoms with Crippen molar-refractivity contribution in [3.05, 3.63) is 11.1 Å². The minimum absolute atomic E-state index is 0.0662. The minimum atomic E-state index is -0.599. The number of nitrogen functional groups attached to an aromatic ring is 1. The quantitative estimate of drug-likeness (QED) is 0.534. The van der Waals surface area contributed by atoms with E-state index in [0.29, 0.717) is 10.8 Å². The molecule has 0 bridgehead atoms. The van der Waals surface area contributed by atoms with E-state index in [9.17, 15) is 9.90 Å². The monoisotopic (exact) mass is 330 g/mol. The van der Waals surface area contributed by atoms with Crippen LogP contribution in [0.4, 0.5) is 5.13 Å². The second-order valence-corrected chi connectivity index (χ2v) is 6.81. The SMILES string of the molecule is CO/N=C(/C(=O)NC1(CO)CCSCC1)c1csc(N)n1. The van der Waals surface area contributed by atoms with E-state index in [1.54, 1.807) is 5.38 Å². The van der Waals surface area contributed by atoms with Gasteiger partial charge >= 0.3 is 0 Å². The summed E-state index contributed by atoms with van der Waals surface area (Å²) >= 11 is 3.04. The second kappa shape index (κ2) is 7.10. The van der Waals surface area contributed by atoms with Gasteiger partial charge in [0.25, 0.3) is 5.91 Å². The summed E-state index contributed by atoms with van der Waals surface area (Å²) in [6.45, 7) is -0.0984. The molecule has 1 saturated heterocycles. The zero-order valence-electron chi connectivity index (χ0n) is 11.7.